The van der Waals surface area contributed by atoms with Gasteiger partial charge in [-0.3, -0.25) is 9.36 Å². The Labute approximate surface area is 120 Å². The van der Waals surface area contributed by atoms with Crippen LogP contribution < -0.4 is 5.69 Å². The number of amides is 1. The second-order valence-corrected chi connectivity index (χ2v) is 4.93. The molecule has 0 unspecified atom stereocenters. The van der Waals surface area contributed by atoms with Crippen LogP contribution >= 0.6 is 0 Å². The van der Waals surface area contributed by atoms with Crippen LogP contribution in [0.25, 0.3) is 0 Å². The first-order valence-corrected chi connectivity index (χ1v) is 6.81. The largest absolute Gasteiger partial charge is 0.346 e. The molecule has 0 saturated carbocycles. The van der Waals surface area contributed by atoms with E-state index >= 15 is 0 Å². The molecule has 0 radical (unpaired) electrons. The first-order chi connectivity index (χ1) is 10.1. The fourth-order valence-corrected chi connectivity index (χ4v) is 2.48. The monoisotopic (exact) mass is 290 g/mol. The minimum Gasteiger partial charge on any atom is -0.334 e. The average molecular weight is 290 g/mol. The van der Waals surface area contributed by atoms with Crippen molar-refractivity contribution in [2.24, 2.45) is 0 Å². The molecule has 0 N–H and O–H groups in total. The molecule has 0 spiro atoms. The van der Waals surface area contributed by atoms with E-state index in [1.165, 1.54) is 21.4 Å². The van der Waals surface area contributed by atoms with Crippen molar-refractivity contribution in [1.29, 1.82) is 0 Å². The Kier molecular flexibility index (Phi) is 3.32. The van der Waals surface area contributed by atoms with E-state index in [-0.39, 0.29) is 29.8 Å². The van der Waals surface area contributed by atoms with Crippen LogP contribution in [0.3, 0.4) is 0 Å². The number of rotatable bonds is 3. The summed E-state index contributed by atoms with van der Waals surface area (Å²) >= 11 is 0. The number of hydrogen-bond acceptors (Lipinski definition) is 3. The van der Waals surface area contributed by atoms with Gasteiger partial charge >= 0.3 is 5.69 Å². The van der Waals surface area contributed by atoms with Crippen molar-refractivity contribution in [2.75, 3.05) is 13.1 Å². The number of likely N-dealkylation sites (N-methyl/N-ethyl adjacent to an activating group) is 1. The zero-order valence-electron chi connectivity index (χ0n) is 11.6. The highest BCUT2D eigenvalue weighted by Gasteiger charge is 2.28. The quantitative estimate of drug-likeness (QED) is 0.836. The smallest absolute Gasteiger partial charge is 0.334 e. The van der Waals surface area contributed by atoms with Crippen molar-refractivity contribution >= 4 is 5.91 Å². The molecule has 7 heteroatoms. The number of aromatic nitrogens is 3. The Morgan fingerprint density at radius 3 is 2.81 bits per heavy atom. The second-order valence-electron chi connectivity index (χ2n) is 4.93. The van der Waals surface area contributed by atoms with E-state index < -0.39 is 0 Å². The van der Waals surface area contributed by atoms with Crippen molar-refractivity contribution in [3.05, 3.63) is 52.0 Å². The minimum absolute atomic E-state index is 0.149. The van der Waals surface area contributed by atoms with E-state index in [0.717, 1.165) is 0 Å². The van der Waals surface area contributed by atoms with Crippen molar-refractivity contribution in [3.8, 4) is 0 Å². The Morgan fingerprint density at radius 2 is 2.10 bits per heavy atom. The fraction of sp³-hybridized carbons (Fsp3) is 0.357. The minimum atomic E-state index is -0.363. The van der Waals surface area contributed by atoms with Gasteiger partial charge in [0.15, 0.2) is 0 Å². The van der Waals surface area contributed by atoms with E-state index in [4.69, 9.17) is 0 Å². The lowest BCUT2D eigenvalue weighted by atomic mass is 10.2. The van der Waals surface area contributed by atoms with E-state index in [9.17, 15) is 14.0 Å². The van der Waals surface area contributed by atoms with Gasteiger partial charge in [-0.25, -0.2) is 13.9 Å². The maximum atomic E-state index is 13.2. The van der Waals surface area contributed by atoms with Gasteiger partial charge in [0, 0.05) is 19.6 Å². The summed E-state index contributed by atoms with van der Waals surface area (Å²) < 4.78 is 15.8. The fourth-order valence-electron chi connectivity index (χ4n) is 2.48. The van der Waals surface area contributed by atoms with Gasteiger partial charge < -0.3 is 4.90 Å². The molecular weight excluding hydrogens is 275 g/mol. The van der Waals surface area contributed by atoms with Crippen molar-refractivity contribution in [1.82, 2.24) is 19.2 Å². The molecule has 21 heavy (non-hydrogen) atoms. The Morgan fingerprint density at radius 1 is 1.29 bits per heavy atom. The predicted octanol–water partition coefficient (Wildman–Crippen LogP) is 0.708. The zero-order chi connectivity index (χ0) is 15.0. The highest BCUT2D eigenvalue weighted by molar-refractivity contribution is 5.91. The summed E-state index contributed by atoms with van der Waals surface area (Å²) in [7, 11) is 0. The summed E-state index contributed by atoms with van der Waals surface area (Å²) in [5.41, 5.74) is 0.297. The van der Waals surface area contributed by atoms with Crippen LogP contribution in [0.4, 0.5) is 4.39 Å². The molecule has 1 aliphatic rings. The molecule has 1 aromatic carbocycles. The lowest BCUT2D eigenvalue weighted by Gasteiger charge is -2.24. The molecule has 1 aromatic heterocycles. The first kappa shape index (κ1) is 13.5. The summed E-state index contributed by atoms with van der Waals surface area (Å²) in [6.45, 7) is 3.57. The number of hydrogen-bond donors (Lipinski definition) is 0. The van der Waals surface area contributed by atoms with Crippen LogP contribution in [-0.4, -0.2) is 38.2 Å². The Bertz CT molecular complexity index is 750. The lowest BCUT2D eigenvalue weighted by Crippen LogP contribution is -2.42. The normalized spacial score (nSPS) is 14.4. The van der Waals surface area contributed by atoms with Crippen LogP contribution in [0.2, 0.25) is 0 Å². The van der Waals surface area contributed by atoms with Crippen molar-refractivity contribution in [3.63, 3.8) is 0 Å². The van der Waals surface area contributed by atoms with Crippen molar-refractivity contribution in [2.45, 2.75) is 20.0 Å². The van der Waals surface area contributed by atoms with E-state index in [2.05, 4.69) is 5.10 Å². The number of nitrogens with zero attached hydrogens (tertiary/aromatic N) is 4. The average Bonchev–Trinajstić information content (AvgIpc) is 2.77. The van der Waals surface area contributed by atoms with Crippen LogP contribution in [0.5, 0.6) is 0 Å². The summed E-state index contributed by atoms with van der Waals surface area (Å²) in [5, 5.41) is 4.11. The summed E-state index contributed by atoms with van der Waals surface area (Å²) in [4.78, 5) is 26.0. The number of benzene rings is 1. The number of halogens is 1. The van der Waals surface area contributed by atoms with Crippen LogP contribution in [0, 0.1) is 5.82 Å². The molecule has 110 valence electrons. The molecule has 0 fully saturated rings. The van der Waals surface area contributed by atoms with Gasteiger partial charge in [-0.15, -0.1) is 5.10 Å². The highest BCUT2D eigenvalue weighted by Crippen LogP contribution is 2.09. The van der Waals surface area contributed by atoms with Crippen LogP contribution in [-0.2, 0) is 13.1 Å². The SMILES string of the molecule is CCN1CCn2c(nn(Cc3cccc(F)c3)c2=O)C1=O. The van der Waals surface area contributed by atoms with E-state index in [1.807, 2.05) is 6.92 Å². The summed E-state index contributed by atoms with van der Waals surface area (Å²) in [6, 6.07) is 5.99. The first-order valence-electron chi connectivity index (χ1n) is 6.81. The predicted molar refractivity (Wildman–Crippen MR) is 73.6 cm³/mol. The van der Waals surface area contributed by atoms with E-state index in [1.54, 1.807) is 17.0 Å². The molecule has 0 saturated heterocycles. The number of fused-ring (bicyclic) bond motifs is 1. The van der Waals surface area contributed by atoms with Crippen LogP contribution in [0.15, 0.2) is 29.1 Å². The van der Waals surface area contributed by atoms with Gasteiger partial charge in [0.25, 0.3) is 5.91 Å². The van der Waals surface area contributed by atoms with Gasteiger partial charge in [0.1, 0.15) is 5.82 Å². The van der Waals surface area contributed by atoms with Crippen LogP contribution in [0.1, 0.15) is 23.1 Å². The maximum Gasteiger partial charge on any atom is 0.346 e. The van der Waals surface area contributed by atoms with Gasteiger partial charge in [-0.2, -0.15) is 0 Å². The second kappa shape index (κ2) is 5.16. The van der Waals surface area contributed by atoms with E-state index in [0.29, 0.717) is 25.2 Å². The van der Waals surface area contributed by atoms with Crippen molar-refractivity contribution < 1.29 is 9.18 Å². The summed E-state index contributed by atoms with van der Waals surface area (Å²) in [5.74, 6) is -0.443. The molecule has 0 atom stereocenters. The molecule has 2 heterocycles. The third-order valence-electron chi connectivity index (χ3n) is 3.60. The summed E-state index contributed by atoms with van der Waals surface area (Å²) in [6.07, 6.45) is 0. The molecular formula is C14H15FN4O2. The highest BCUT2D eigenvalue weighted by atomic mass is 19.1. The standard InChI is InChI=1S/C14H15FN4O2/c1-2-17-6-7-18-12(13(17)20)16-19(14(18)21)9-10-4-3-5-11(15)8-10/h3-5,8H,2,6-7,9H2,1H3. The Balaban J connectivity index is 1.96. The molecule has 3 rings (SSSR count). The van der Waals surface area contributed by atoms with Gasteiger partial charge in [-0.1, -0.05) is 12.1 Å². The molecule has 0 aliphatic carbocycles. The Hall–Kier alpha value is -2.44. The molecule has 2 aromatic rings. The third kappa shape index (κ3) is 2.35. The molecule has 0 bridgehead atoms. The van der Waals surface area contributed by atoms with Gasteiger partial charge in [0.2, 0.25) is 5.82 Å². The van der Waals surface area contributed by atoms with Gasteiger partial charge in [-0.05, 0) is 24.6 Å². The number of carbonyl (C=O) groups excluding carboxylic acids is 1. The maximum absolute atomic E-state index is 13.2. The molecule has 1 aliphatic heterocycles. The third-order valence-corrected chi connectivity index (χ3v) is 3.60. The zero-order valence-corrected chi connectivity index (χ0v) is 11.6. The lowest BCUT2D eigenvalue weighted by molar-refractivity contribution is 0.0705. The molecule has 6 nitrogen and oxygen atoms in total. The topological polar surface area (TPSA) is 60.1 Å². The molecule has 1 amide bonds. The number of carbonyl (C=O) groups is 1. The van der Waals surface area contributed by atoms with Gasteiger partial charge in [0.05, 0.1) is 6.54 Å².